The topological polar surface area (TPSA) is 73.6 Å². The molecule has 1 unspecified atom stereocenters. The highest BCUT2D eigenvalue weighted by molar-refractivity contribution is 5.83. The van der Waals surface area contributed by atoms with E-state index < -0.39 is 17.7 Å². The molecular weight excluding hydrogens is 380 g/mol. The molecule has 1 aromatic heterocycles. The van der Waals surface area contributed by atoms with Crippen molar-refractivity contribution in [2.24, 2.45) is 13.0 Å². The summed E-state index contributed by atoms with van der Waals surface area (Å²) in [6.07, 6.45) is 7.43. The molecule has 0 spiro atoms. The average Bonchev–Trinajstić information content (AvgIpc) is 3.45. The van der Waals surface area contributed by atoms with Gasteiger partial charge in [-0.3, -0.25) is 4.68 Å². The number of nitrogens with zero attached hydrogens (tertiary/aromatic N) is 2. The second-order valence-corrected chi connectivity index (χ2v) is 9.19. The molecule has 30 heavy (non-hydrogen) atoms. The van der Waals surface area contributed by atoms with E-state index in [-0.39, 0.29) is 0 Å². The van der Waals surface area contributed by atoms with Gasteiger partial charge < -0.3 is 14.6 Å². The molecule has 0 radical (unpaired) electrons. The summed E-state index contributed by atoms with van der Waals surface area (Å²) in [5, 5.41) is 14.7. The molecule has 4 rings (SSSR count). The summed E-state index contributed by atoms with van der Waals surface area (Å²) in [6.45, 7) is 6.33. The summed E-state index contributed by atoms with van der Waals surface area (Å²) in [5.41, 5.74) is 3.64. The van der Waals surface area contributed by atoms with E-state index in [1.165, 1.54) is 12.8 Å². The molecule has 2 heterocycles. The fraction of sp³-hybridized carbons (Fsp3) is 0.500. The van der Waals surface area contributed by atoms with Crippen LogP contribution in [0.2, 0.25) is 0 Å². The number of hydrogen-bond acceptors (Lipinski definition) is 4. The lowest BCUT2D eigenvalue weighted by Gasteiger charge is -2.26. The number of carboxylic acids is 1. The van der Waals surface area contributed by atoms with Crippen molar-refractivity contribution in [1.82, 2.24) is 9.78 Å². The van der Waals surface area contributed by atoms with Crippen molar-refractivity contribution in [3.63, 3.8) is 0 Å². The van der Waals surface area contributed by atoms with Crippen molar-refractivity contribution in [3.8, 4) is 16.9 Å². The van der Waals surface area contributed by atoms with Gasteiger partial charge in [0.2, 0.25) is 0 Å². The molecule has 160 valence electrons. The summed E-state index contributed by atoms with van der Waals surface area (Å²) in [7, 11) is 1.79. The first kappa shape index (κ1) is 20.7. The lowest BCUT2D eigenvalue weighted by atomic mass is 9.95. The number of carboxylic acid groups (broad SMARTS) is 1. The molecule has 1 aliphatic heterocycles. The van der Waals surface area contributed by atoms with Gasteiger partial charge in [0.15, 0.2) is 6.10 Å². The summed E-state index contributed by atoms with van der Waals surface area (Å²) in [4.78, 5) is 12.2. The molecule has 6 nitrogen and oxygen atoms in total. The Kier molecular flexibility index (Phi) is 5.45. The first-order valence-corrected chi connectivity index (χ1v) is 10.6. The van der Waals surface area contributed by atoms with E-state index in [4.69, 9.17) is 9.47 Å². The largest absolute Gasteiger partial charge is 0.493 e. The molecule has 0 saturated heterocycles. The Morgan fingerprint density at radius 1 is 1.37 bits per heavy atom. The molecule has 1 N–H and O–H groups in total. The Hall–Kier alpha value is -2.60. The smallest absolute Gasteiger partial charge is 0.339 e. The first-order valence-electron chi connectivity index (χ1n) is 10.6. The molecule has 1 atom stereocenters. The number of rotatable bonds is 6. The Labute approximate surface area is 177 Å². The molecule has 1 aliphatic carbocycles. The normalized spacial score (nSPS) is 17.6. The zero-order valence-electron chi connectivity index (χ0n) is 18.1. The van der Waals surface area contributed by atoms with E-state index >= 15 is 0 Å². The molecule has 1 fully saturated rings. The van der Waals surface area contributed by atoms with Crippen molar-refractivity contribution >= 4 is 12.0 Å². The van der Waals surface area contributed by atoms with Gasteiger partial charge in [0.1, 0.15) is 5.75 Å². The predicted octanol–water partition coefficient (Wildman–Crippen LogP) is 4.78. The number of aliphatic carboxylic acids is 1. The van der Waals surface area contributed by atoms with E-state index in [9.17, 15) is 9.90 Å². The lowest BCUT2D eigenvalue weighted by Crippen LogP contribution is -2.29. The third-order valence-corrected chi connectivity index (χ3v) is 5.41. The Bertz CT molecular complexity index is 980. The average molecular weight is 411 g/mol. The molecule has 1 aromatic carbocycles. The summed E-state index contributed by atoms with van der Waals surface area (Å²) >= 11 is 0. The second-order valence-electron chi connectivity index (χ2n) is 9.19. The number of ether oxygens (including phenoxy) is 2. The Morgan fingerprint density at radius 3 is 2.80 bits per heavy atom. The van der Waals surface area contributed by atoms with Gasteiger partial charge in [-0.25, -0.2) is 4.79 Å². The molecule has 6 heteroatoms. The molecule has 1 saturated carbocycles. The van der Waals surface area contributed by atoms with Crippen molar-refractivity contribution in [2.45, 2.75) is 58.2 Å². The van der Waals surface area contributed by atoms with Gasteiger partial charge in [0.05, 0.1) is 23.6 Å². The van der Waals surface area contributed by atoms with Gasteiger partial charge in [0, 0.05) is 12.6 Å². The van der Waals surface area contributed by atoms with Crippen LogP contribution in [0, 0.1) is 5.92 Å². The number of aryl methyl sites for hydroxylation is 2. The summed E-state index contributed by atoms with van der Waals surface area (Å²) in [5.74, 6) is 0.487. The van der Waals surface area contributed by atoms with Gasteiger partial charge in [0.25, 0.3) is 0 Å². The van der Waals surface area contributed by atoms with Crippen LogP contribution in [0.25, 0.3) is 17.2 Å². The van der Waals surface area contributed by atoms with Crippen molar-refractivity contribution < 1.29 is 19.4 Å². The fourth-order valence-electron chi connectivity index (χ4n) is 3.88. The van der Waals surface area contributed by atoms with Crippen LogP contribution in [-0.2, 0) is 23.0 Å². The third-order valence-electron chi connectivity index (χ3n) is 5.41. The molecule has 2 aliphatic rings. The SMILES string of the molecule is Cn1nc(/C=C/C2CC2)c(-c2ccc3c(c2)CCCO3)c1C(OC(C)(C)C)C(=O)O. The number of aromatic nitrogens is 2. The molecular formula is C24H30N2O4. The molecule has 0 amide bonds. The van der Waals surface area contributed by atoms with Crippen LogP contribution in [0.3, 0.4) is 0 Å². The van der Waals surface area contributed by atoms with Gasteiger partial charge in [-0.15, -0.1) is 0 Å². The summed E-state index contributed by atoms with van der Waals surface area (Å²) in [6, 6.07) is 6.09. The van der Waals surface area contributed by atoms with E-state index in [0.29, 0.717) is 11.6 Å². The maximum absolute atomic E-state index is 12.2. The van der Waals surface area contributed by atoms with Crippen LogP contribution in [0.1, 0.15) is 63.1 Å². The maximum Gasteiger partial charge on any atom is 0.339 e. The second kappa shape index (κ2) is 7.91. The highest BCUT2D eigenvalue weighted by Gasteiger charge is 2.34. The van der Waals surface area contributed by atoms with Crippen molar-refractivity contribution in [2.75, 3.05) is 6.61 Å². The van der Waals surface area contributed by atoms with Crippen molar-refractivity contribution in [3.05, 3.63) is 41.2 Å². The van der Waals surface area contributed by atoms with Crippen LogP contribution in [0.4, 0.5) is 0 Å². The minimum atomic E-state index is -1.12. The summed E-state index contributed by atoms with van der Waals surface area (Å²) < 4.78 is 13.4. The monoisotopic (exact) mass is 410 g/mol. The van der Waals surface area contributed by atoms with E-state index in [0.717, 1.165) is 47.6 Å². The van der Waals surface area contributed by atoms with Crippen LogP contribution in [0.5, 0.6) is 5.75 Å². The standard InChI is InChI=1S/C24H30N2O4/c1-24(2,3)30-22(23(27)28)21-20(18(25-26(21)4)11-9-15-7-8-15)17-10-12-19-16(14-17)6-5-13-29-19/h9-12,14-15,22H,5-8,13H2,1-4H3,(H,27,28)/b11-9+. The van der Waals surface area contributed by atoms with E-state index in [1.807, 2.05) is 39.0 Å². The van der Waals surface area contributed by atoms with Gasteiger partial charge in [-0.05, 0) is 81.7 Å². The van der Waals surface area contributed by atoms with Gasteiger partial charge in [-0.1, -0.05) is 12.1 Å². The van der Waals surface area contributed by atoms with Gasteiger partial charge in [-0.2, -0.15) is 5.10 Å². The quantitative estimate of drug-likeness (QED) is 0.742. The minimum absolute atomic E-state index is 0.560. The molecule has 2 aromatic rings. The molecule has 0 bridgehead atoms. The third kappa shape index (κ3) is 4.43. The van der Waals surface area contributed by atoms with Crippen LogP contribution < -0.4 is 4.74 Å². The van der Waals surface area contributed by atoms with E-state index in [1.54, 1.807) is 11.7 Å². The Morgan fingerprint density at radius 2 is 2.13 bits per heavy atom. The van der Waals surface area contributed by atoms with E-state index in [2.05, 4.69) is 17.2 Å². The number of hydrogen-bond donors (Lipinski definition) is 1. The van der Waals surface area contributed by atoms with Crippen LogP contribution in [0.15, 0.2) is 24.3 Å². The van der Waals surface area contributed by atoms with Gasteiger partial charge >= 0.3 is 5.97 Å². The number of allylic oxidation sites excluding steroid dienone is 1. The first-order chi connectivity index (χ1) is 14.2. The maximum atomic E-state index is 12.2. The number of fused-ring (bicyclic) bond motifs is 1. The zero-order valence-corrected chi connectivity index (χ0v) is 18.1. The number of benzene rings is 1. The highest BCUT2D eigenvalue weighted by atomic mass is 16.5. The fourth-order valence-corrected chi connectivity index (χ4v) is 3.88. The zero-order chi connectivity index (χ0) is 21.5. The van der Waals surface area contributed by atoms with Crippen molar-refractivity contribution in [1.29, 1.82) is 0 Å². The minimum Gasteiger partial charge on any atom is -0.493 e. The van der Waals surface area contributed by atoms with Crippen LogP contribution in [-0.4, -0.2) is 33.1 Å². The van der Waals surface area contributed by atoms with Crippen LogP contribution >= 0.6 is 0 Å². The number of carbonyl (C=O) groups is 1. The predicted molar refractivity (Wildman–Crippen MR) is 115 cm³/mol. The highest BCUT2D eigenvalue weighted by Crippen LogP contribution is 2.39. The Balaban J connectivity index is 1.86. The lowest BCUT2D eigenvalue weighted by molar-refractivity contribution is -0.161.